The van der Waals surface area contributed by atoms with Crippen molar-refractivity contribution in [1.29, 1.82) is 0 Å². The van der Waals surface area contributed by atoms with Gasteiger partial charge in [-0.3, -0.25) is 9.78 Å². The molecule has 194 valence electrons. The maximum Gasteiger partial charge on any atom is 0.270 e. The highest BCUT2D eigenvalue weighted by atomic mass is 19.1. The molecule has 1 aliphatic heterocycles. The quantitative estimate of drug-likeness (QED) is 0.348. The number of nitrogens with one attached hydrogen (secondary N) is 1. The van der Waals surface area contributed by atoms with Gasteiger partial charge in [-0.1, -0.05) is 24.3 Å². The van der Waals surface area contributed by atoms with Gasteiger partial charge >= 0.3 is 0 Å². The molecule has 5 heterocycles. The summed E-state index contributed by atoms with van der Waals surface area (Å²) in [6.07, 6.45) is 3.30. The minimum absolute atomic E-state index is 0.153. The number of aliphatic imine (C=N–C) groups is 1. The lowest BCUT2D eigenvalue weighted by Gasteiger charge is -2.21. The van der Waals surface area contributed by atoms with E-state index in [2.05, 4.69) is 25.3 Å². The average Bonchev–Trinajstić information content (AvgIpc) is 3.42. The van der Waals surface area contributed by atoms with Crippen LogP contribution in [0, 0.1) is 5.82 Å². The molecule has 4 aromatic heterocycles. The first kappa shape index (κ1) is 24.3. The van der Waals surface area contributed by atoms with Crippen LogP contribution in [-0.2, 0) is 18.5 Å². The Morgan fingerprint density at radius 3 is 2.62 bits per heavy atom. The van der Waals surface area contributed by atoms with E-state index in [-0.39, 0.29) is 30.4 Å². The van der Waals surface area contributed by atoms with E-state index in [0.29, 0.717) is 45.2 Å². The third kappa shape index (κ3) is 4.27. The normalized spacial score (nSPS) is 13.8. The maximum atomic E-state index is 14.4. The number of carbonyl (C=O) groups is 1. The number of nitrogens with two attached hydrogens (primary N) is 1. The first-order valence-electron chi connectivity index (χ1n) is 12.3. The summed E-state index contributed by atoms with van der Waals surface area (Å²) in [7, 11) is 0. The van der Waals surface area contributed by atoms with E-state index in [4.69, 9.17) is 15.8 Å². The first-order valence-corrected chi connectivity index (χ1v) is 12.3. The molecule has 3 N–H and O–H groups in total. The minimum atomic E-state index is -0.751. The number of aromatic nitrogens is 6. The van der Waals surface area contributed by atoms with Crippen molar-refractivity contribution in [2.75, 3.05) is 0 Å². The number of carbonyl (C=O) groups excluding carboxylic acids is 1. The fraction of sp³-hybridized carbons (Fsp3) is 0.179. The predicted octanol–water partition coefficient (Wildman–Crippen LogP) is 3.68. The highest BCUT2D eigenvalue weighted by Gasteiger charge is 2.40. The van der Waals surface area contributed by atoms with Gasteiger partial charge in [0.15, 0.2) is 17.3 Å². The molecule has 0 aliphatic carbocycles. The summed E-state index contributed by atoms with van der Waals surface area (Å²) in [5.74, 6) is 0.0832. The Morgan fingerprint density at radius 1 is 1.03 bits per heavy atom. The van der Waals surface area contributed by atoms with Crippen molar-refractivity contribution < 1.29 is 9.18 Å². The molecule has 0 bridgehead atoms. The lowest BCUT2D eigenvalue weighted by atomic mass is 9.84. The topological polar surface area (TPSA) is 137 Å². The molecule has 0 spiro atoms. The Kier molecular flexibility index (Phi) is 5.82. The van der Waals surface area contributed by atoms with Crippen LogP contribution in [0.25, 0.3) is 22.6 Å². The van der Waals surface area contributed by atoms with E-state index in [9.17, 15) is 9.18 Å². The molecule has 0 saturated heterocycles. The van der Waals surface area contributed by atoms with Crippen LogP contribution in [0.4, 0.5) is 10.2 Å². The van der Waals surface area contributed by atoms with Gasteiger partial charge in [0.1, 0.15) is 23.0 Å². The number of benzene rings is 1. The highest BCUT2D eigenvalue weighted by molar-refractivity contribution is 6.04. The molecule has 6 rings (SSSR count). The van der Waals surface area contributed by atoms with Gasteiger partial charge in [0, 0.05) is 23.5 Å². The molecular formula is C28H24FN9O. The summed E-state index contributed by atoms with van der Waals surface area (Å²) in [4.78, 5) is 36.1. The van der Waals surface area contributed by atoms with E-state index >= 15 is 0 Å². The number of amides is 1. The van der Waals surface area contributed by atoms with Gasteiger partial charge in [0.2, 0.25) is 0 Å². The van der Waals surface area contributed by atoms with Crippen LogP contribution in [0.2, 0.25) is 0 Å². The second-order valence-corrected chi connectivity index (χ2v) is 9.69. The summed E-state index contributed by atoms with van der Waals surface area (Å²) < 4.78 is 16.0. The summed E-state index contributed by atoms with van der Waals surface area (Å²) >= 11 is 0. The summed E-state index contributed by atoms with van der Waals surface area (Å²) in [6, 6.07) is 15.6. The second-order valence-electron chi connectivity index (χ2n) is 9.69. The molecule has 11 heteroatoms. The van der Waals surface area contributed by atoms with E-state index < -0.39 is 11.3 Å². The summed E-state index contributed by atoms with van der Waals surface area (Å²) in [5, 5.41) is 8.26. The molecule has 0 radical (unpaired) electrons. The minimum Gasteiger partial charge on any atom is -0.386 e. The van der Waals surface area contributed by atoms with Gasteiger partial charge in [0.05, 0.1) is 29.6 Å². The predicted molar refractivity (Wildman–Crippen MR) is 144 cm³/mol. The zero-order valence-electron chi connectivity index (χ0n) is 21.3. The largest absolute Gasteiger partial charge is 0.386 e. The van der Waals surface area contributed by atoms with Crippen molar-refractivity contribution in [2.45, 2.75) is 32.4 Å². The Hall–Kier alpha value is -5.06. The van der Waals surface area contributed by atoms with Crippen molar-refractivity contribution in [3.8, 4) is 11.5 Å². The lowest BCUT2D eigenvalue weighted by Crippen LogP contribution is -2.35. The van der Waals surface area contributed by atoms with E-state index in [1.165, 1.54) is 6.07 Å². The molecule has 39 heavy (non-hydrogen) atoms. The van der Waals surface area contributed by atoms with Crippen molar-refractivity contribution >= 4 is 28.6 Å². The Balaban J connectivity index is 1.46. The Labute approximate surface area is 222 Å². The standard InChI is InChI=1S/C28H24FN9O/c1-28(2)20-22(26(39)33-14-17-9-5-6-12-31-17)34-24(35-23(20)36-27(28)30)21-18-10-7-13-32-25(18)38(37-21)15-16-8-3-4-11-19(16)29/h3-13H,14-15H2,1-2H3,(H,33,39)(H2,30,34,35,36). The number of halogens is 1. The molecule has 0 fully saturated rings. The second kappa shape index (κ2) is 9.35. The lowest BCUT2D eigenvalue weighted by molar-refractivity contribution is 0.0943. The number of pyridine rings is 2. The Morgan fingerprint density at radius 2 is 1.82 bits per heavy atom. The van der Waals surface area contributed by atoms with Gasteiger partial charge in [-0.2, -0.15) is 5.10 Å². The molecule has 0 saturated carbocycles. The molecule has 5 aromatic rings. The fourth-order valence-electron chi connectivity index (χ4n) is 4.59. The van der Waals surface area contributed by atoms with Crippen LogP contribution < -0.4 is 11.1 Å². The number of rotatable bonds is 6. The van der Waals surface area contributed by atoms with Crippen LogP contribution in [0.1, 0.15) is 41.2 Å². The summed E-state index contributed by atoms with van der Waals surface area (Å²) in [5.41, 5.74) is 8.29. The van der Waals surface area contributed by atoms with Crippen LogP contribution in [0.3, 0.4) is 0 Å². The molecule has 1 aromatic carbocycles. The fourth-order valence-corrected chi connectivity index (χ4v) is 4.59. The zero-order valence-corrected chi connectivity index (χ0v) is 21.3. The maximum absolute atomic E-state index is 14.4. The van der Waals surface area contributed by atoms with Gasteiger partial charge < -0.3 is 11.1 Å². The van der Waals surface area contributed by atoms with Crippen LogP contribution in [0.5, 0.6) is 0 Å². The van der Waals surface area contributed by atoms with Crippen molar-refractivity contribution in [3.05, 3.63) is 95.3 Å². The average molecular weight is 522 g/mol. The number of hydrogen-bond acceptors (Lipinski definition) is 8. The smallest absolute Gasteiger partial charge is 0.270 e. The van der Waals surface area contributed by atoms with Gasteiger partial charge in [0.25, 0.3) is 5.91 Å². The SMILES string of the molecule is CC1(C)C(N)=Nc2nc(-c3nn(Cc4ccccc4F)c4ncccc34)nc(C(=O)NCc3ccccn3)c21. The molecule has 10 nitrogen and oxygen atoms in total. The molecule has 1 amide bonds. The van der Waals surface area contributed by atoms with E-state index in [0.717, 1.165) is 0 Å². The number of fused-ring (bicyclic) bond motifs is 2. The van der Waals surface area contributed by atoms with Gasteiger partial charge in [-0.15, -0.1) is 0 Å². The number of nitrogens with zero attached hydrogens (tertiary/aromatic N) is 7. The first-order chi connectivity index (χ1) is 18.8. The van der Waals surface area contributed by atoms with Gasteiger partial charge in [-0.25, -0.2) is 29.0 Å². The molecule has 0 atom stereocenters. The van der Waals surface area contributed by atoms with Crippen LogP contribution >= 0.6 is 0 Å². The van der Waals surface area contributed by atoms with Gasteiger partial charge in [-0.05, 0) is 44.2 Å². The summed E-state index contributed by atoms with van der Waals surface area (Å²) in [6.45, 7) is 4.12. The number of hydrogen-bond donors (Lipinski definition) is 2. The third-order valence-electron chi connectivity index (χ3n) is 6.75. The van der Waals surface area contributed by atoms with E-state index in [1.54, 1.807) is 41.3 Å². The third-order valence-corrected chi connectivity index (χ3v) is 6.75. The van der Waals surface area contributed by atoms with E-state index in [1.807, 2.05) is 38.1 Å². The van der Waals surface area contributed by atoms with Crippen molar-refractivity contribution in [2.24, 2.45) is 10.7 Å². The Bertz CT molecular complexity index is 1760. The zero-order chi connectivity index (χ0) is 27.1. The molecule has 1 aliphatic rings. The van der Waals surface area contributed by atoms with Crippen molar-refractivity contribution in [1.82, 2.24) is 35.0 Å². The number of amidine groups is 1. The van der Waals surface area contributed by atoms with Crippen LogP contribution in [-0.4, -0.2) is 41.5 Å². The molecular weight excluding hydrogens is 497 g/mol. The highest BCUT2D eigenvalue weighted by Crippen LogP contribution is 2.40. The molecule has 0 unspecified atom stereocenters. The van der Waals surface area contributed by atoms with Crippen LogP contribution in [0.15, 0.2) is 72.0 Å². The van der Waals surface area contributed by atoms with Crippen molar-refractivity contribution in [3.63, 3.8) is 0 Å². The monoisotopic (exact) mass is 521 g/mol.